The van der Waals surface area contributed by atoms with Crippen molar-refractivity contribution >= 4 is 5.91 Å². The number of carbonyl (C=O) groups is 1. The number of hydrogen-bond donors (Lipinski definition) is 2. The van der Waals surface area contributed by atoms with Gasteiger partial charge in [0.25, 0.3) is 0 Å². The Hall–Kier alpha value is -2.02. The van der Waals surface area contributed by atoms with Crippen molar-refractivity contribution in [1.29, 1.82) is 5.26 Å². The van der Waals surface area contributed by atoms with Gasteiger partial charge >= 0.3 is 0 Å². The van der Waals surface area contributed by atoms with Crippen LogP contribution in [0.1, 0.15) is 25.3 Å². The molecule has 2 N–H and O–H groups in total. The number of rotatable bonds is 5. The fourth-order valence-corrected chi connectivity index (χ4v) is 1.54. The molecule has 0 aliphatic rings. The first-order valence-corrected chi connectivity index (χ1v) is 5.60. The predicted molar refractivity (Wildman–Crippen MR) is 64.3 cm³/mol. The molecule has 1 amide bonds. The van der Waals surface area contributed by atoms with Crippen LogP contribution in [0.15, 0.2) is 24.3 Å². The van der Waals surface area contributed by atoms with Gasteiger partial charge < -0.3 is 10.4 Å². The summed E-state index contributed by atoms with van der Waals surface area (Å²) in [6, 6.07) is 8.55. The second-order valence-corrected chi connectivity index (χ2v) is 3.88. The molecule has 1 unspecified atom stereocenters. The number of phenolic OH excluding ortho intramolecular Hbond substituents is 1. The molecule has 17 heavy (non-hydrogen) atoms. The highest BCUT2D eigenvalue weighted by Gasteiger charge is 2.10. The van der Waals surface area contributed by atoms with Crippen LogP contribution in [0.2, 0.25) is 0 Å². The van der Waals surface area contributed by atoms with Gasteiger partial charge in [-0.3, -0.25) is 4.79 Å². The Balaban J connectivity index is 2.52. The number of nitrogens with one attached hydrogen (secondary N) is 1. The third-order valence-corrected chi connectivity index (χ3v) is 2.47. The van der Waals surface area contributed by atoms with Crippen molar-refractivity contribution in [1.82, 2.24) is 5.32 Å². The Kier molecular flexibility index (Phi) is 5.02. The molecule has 1 rings (SSSR count). The van der Waals surface area contributed by atoms with Gasteiger partial charge in [-0.05, 0) is 24.1 Å². The van der Waals surface area contributed by atoms with Gasteiger partial charge in [0, 0.05) is 6.04 Å². The summed E-state index contributed by atoms with van der Waals surface area (Å²) in [4.78, 5) is 11.7. The zero-order valence-corrected chi connectivity index (χ0v) is 9.81. The highest BCUT2D eigenvalue weighted by molar-refractivity contribution is 5.79. The number of phenols is 1. The van der Waals surface area contributed by atoms with Crippen LogP contribution in [0.3, 0.4) is 0 Å². The van der Waals surface area contributed by atoms with Crippen molar-refractivity contribution in [3.05, 3.63) is 29.8 Å². The topological polar surface area (TPSA) is 73.1 Å². The number of benzene rings is 1. The molecule has 0 bridgehead atoms. The summed E-state index contributed by atoms with van der Waals surface area (Å²) in [7, 11) is 0. The van der Waals surface area contributed by atoms with Crippen LogP contribution >= 0.6 is 0 Å². The highest BCUT2D eigenvalue weighted by Crippen LogP contribution is 2.11. The molecule has 0 heterocycles. The summed E-state index contributed by atoms with van der Waals surface area (Å²) in [6.45, 7) is 1.93. The fourth-order valence-electron chi connectivity index (χ4n) is 1.54. The Morgan fingerprint density at radius 1 is 1.59 bits per heavy atom. The molecule has 90 valence electrons. The van der Waals surface area contributed by atoms with Crippen LogP contribution in [0.5, 0.6) is 5.75 Å². The molecule has 0 saturated carbocycles. The van der Waals surface area contributed by atoms with Crippen LogP contribution in [-0.4, -0.2) is 17.1 Å². The zero-order valence-electron chi connectivity index (χ0n) is 9.81. The summed E-state index contributed by atoms with van der Waals surface area (Å²) < 4.78 is 0. The van der Waals surface area contributed by atoms with Crippen molar-refractivity contribution in [2.45, 2.75) is 32.2 Å². The van der Waals surface area contributed by atoms with Crippen LogP contribution in [0.4, 0.5) is 0 Å². The van der Waals surface area contributed by atoms with Gasteiger partial charge in [0.2, 0.25) is 5.91 Å². The first-order chi connectivity index (χ1) is 8.15. The van der Waals surface area contributed by atoms with E-state index in [1.54, 1.807) is 24.3 Å². The number of aromatic hydroxyl groups is 1. The first kappa shape index (κ1) is 13.0. The Morgan fingerprint density at radius 3 is 2.94 bits per heavy atom. The molecule has 4 heteroatoms. The third kappa shape index (κ3) is 4.56. The van der Waals surface area contributed by atoms with E-state index in [0.29, 0.717) is 6.42 Å². The van der Waals surface area contributed by atoms with Crippen molar-refractivity contribution < 1.29 is 9.90 Å². The number of nitriles is 1. The number of carbonyl (C=O) groups excluding carboxylic acids is 1. The van der Waals surface area contributed by atoms with E-state index >= 15 is 0 Å². The largest absolute Gasteiger partial charge is 0.508 e. The Labute approximate surface area is 101 Å². The number of amides is 1. The zero-order chi connectivity index (χ0) is 12.7. The predicted octanol–water partition coefficient (Wildman–Crippen LogP) is 1.74. The molecule has 0 aliphatic carbocycles. The summed E-state index contributed by atoms with van der Waals surface area (Å²) in [5.41, 5.74) is 0.759. The maximum atomic E-state index is 11.7. The quantitative estimate of drug-likeness (QED) is 0.812. The van der Waals surface area contributed by atoms with Crippen molar-refractivity contribution in [2.75, 3.05) is 0 Å². The minimum Gasteiger partial charge on any atom is -0.508 e. The molecule has 1 atom stereocenters. The maximum Gasteiger partial charge on any atom is 0.224 e. The molecule has 0 aliphatic heterocycles. The van der Waals surface area contributed by atoms with E-state index in [-0.39, 0.29) is 24.1 Å². The molecule has 0 radical (unpaired) electrons. The van der Waals surface area contributed by atoms with Crippen LogP contribution in [-0.2, 0) is 11.2 Å². The smallest absolute Gasteiger partial charge is 0.224 e. The normalized spacial score (nSPS) is 11.5. The molecule has 1 aromatic carbocycles. The van der Waals surface area contributed by atoms with E-state index < -0.39 is 0 Å². The summed E-state index contributed by atoms with van der Waals surface area (Å²) >= 11 is 0. The van der Waals surface area contributed by atoms with Gasteiger partial charge in [0.15, 0.2) is 0 Å². The van der Waals surface area contributed by atoms with Gasteiger partial charge in [-0.25, -0.2) is 0 Å². The monoisotopic (exact) mass is 232 g/mol. The van der Waals surface area contributed by atoms with E-state index in [2.05, 4.69) is 5.32 Å². The van der Waals surface area contributed by atoms with Gasteiger partial charge in [0.1, 0.15) is 5.75 Å². The Bertz CT molecular complexity index is 424. The van der Waals surface area contributed by atoms with Crippen LogP contribution in [0, 0.1) is 11.3 Å². The van der Waals surface area contributed by atoms with E-state index in [1.165, 1.54) is 0 Å². The molecular weight excluding hydrogens is 216 g/mol. The molecule has 0 saturated heterocycles. The van der Waals surface area contributed by atoms with E-state index in [9.17, 15) is 9.90 Å². The molecule has 4 nitrogen and oxygen atoms in total. The number of hydrogen-bond acceptors (Lipinski definition) is 3. The second kappa shape index (κ2) is 6.54. The van der Waals surface area contributed by atoms with Crippen LogP contribution in [0.25, 0.3) is 0 Å². The minimum atomic E-state index is -0.127. The fraction of sp³-hybridized carbons (Fsp3) is 0.385. The lowest BCUT2D eigenvalue weighted by Crippen LogP contribution is -2.35. The lowest BCUT2D eigenvalue weighted by molar-refractivity contribution is -0.121. The van der Waals surface area contributed by atoms with Crippen molar-refractivity contribution in [2.24, 2.45) is 0 Å². The standard InChI is InChI=1S/C13H16N2O2/c1-2-11(6-7-14)15-13(17)9-10-4-3-5-12(16)8-10/h3-5,8,11,16H,2,6,9H2,1H3,(H,15,17). The second-order valence-electron chi connectivity index (χ2n) is 3.88. The average Bonchev–Trinajstić information content (AvgIpc) is 2.28. The van der Waals surface area contributed by atoms with E-state index in [0.717, 1.165) is 12.0 Å². The summed E-state index contributed by atoms with van der Waals surface area (Å²) in [5.74, 6) is 0.0251. The SMILES string of the molecule is CCC(CC#N)NC(=O)Cc1cccc(O)c1. The molecular formula is C13H16N2O2. The molecule has 0 fully saturated rings. The van der Waals surface area contributed by atoms with Gasteiger partial charge in [-0.2, -0.15) is 5.26 Å². The van der Waals surface area contributed by atoms with Crippen molar-refractivity contribution in [3.63, 3.8) is 0 Å². The summed E-state index contributed by atoms with van der Waals surface area (Å²) in [6.07, 6.45) is 1.28. The maximum absolute atomic E-state index is 11.7. The Morgan fingerprint density at radius 2 is 2.35 bits per heavy atom. The van der Waals surface area contributed by atoms with E-state index in [4.69, 9.17) is 5.26 Å². The number of nitrogens with zero attached hydrogens (tertiary/aromatic N) is 1. The molecule has 0 spiro atoms. The van der Waals surface area contributed by atoms with E-state index in [1.807, 2.05) is 13.0 Å². The molecule has 0 aromatic heterocycles. The third-order valence-electron chi connectivity index (χ3n) is 2.47. The first-order valence-electron chi connectivity index (χ1n) is 5.60. The summed E-state index contributed by atoms with van der Waals surface area (Å²) in [5, 5.41) is 20.6. The highest BCUT2D eigenvalue weighted by atomic mass is 16.3. The van der Waals surface area contributed by atoms with Crippen LogP contribution < -0.4 is 5.32 Å². The van der Waals surface area contributed by atoms with Gasteiger partial charge in [-0.15, -0.1) is 0 Å². The molecule has 1 aromatic rings. The lowest BCUT2D eigenvalue weighted by Gasteiger charge is -2.13. The minimum absolute atomic E-state index is 0.0928. The average molecular weight is 232 g/mol. The van der Waals surface area contributed by atoms with Gasteiger partial charge in [-0.1, -0.05) is 19.1 Å². The van der Waals surface area contributed by atoms with Gasteiger partial charge in [0.05, 0.1) is 18.9 Å². The van der Waals surface area contributed by atoms with Crippen molar-refractivity contribution in [3.8, 4) is 11.8 Å². The lowest BCUT2D eigenvalue weighted by atomic mass is 10.1.